The van der Waals surface area contributed by atoms with E-state index in [2.05, 4.69) is 228 Å². The summed E-state index contributed by atoms with van der Waals surface area (Å²) >= 11 is 0. The van der Waals surface area contributed by atoms with Crippen LogP contribution in [0.1, 0.15) is 18.4 Å². The van der Waals surface area contributed by atoms with E-state index in [-0.39, 0.29) is 0 Å². The van der Waals surface area contributed by atoms with Crippen LogP contribution < -0.4 is 4.90 Å². The van der Waals surface area contributed by atoms with Gasteiger partial charge in [-0.3, -0.25) is 0 Å². The smallest absolute Gasteiger partial charge is 0.137 e. The average Bonchev–Trinajstić information content (AvgIpc) is 3.90. The van der Waals surface area contributed by atoms with Crippen LogP contribution in [0.5, 0.6) is 0 Å². The molecule has 3 heteroatoms. The van der Waals surface area contributed by atoms with Gasteiger partial charge < -0.3 is 13.9 Å². The van der Waals surface area contributed by atoms with Gasteiger partial charge in [-0.2, -0.15) is 0 Å². The number of fused-ring (bicyclic) bond motifs is 6. The van der Waals surface area contributed by atoms with Crippen LogP contribution in [0, 0.1) is 0 Å². The number of hydrogen-bond donors (Lipinski definition) is 0. The molecule has 12 rings (SSSR count). The molecule has 1 aliphatic rings. The topological polar surface area (TPSA) is 21.3 Å². The molecule has 9 aromatic carbocycles. The van der Waals surface area contributed by atoms with Gasteiger partial charge in [-0.15, -0.1) is 0 Å². The molecule has 0 unspecified atom stereocenters. The Bertz CT molecular complexity index is 3550. The SMILES string of the molecule is C1=CC(c2ccc(-n3c4ccccc4c4ccc(-c5cccc(-c6cccc(N(c7ccc(-c8ccccc8)cc7)c7ccc8c(c7)oc7ccccc78)c6)c5)cc43)cc2)=CCC1. The number of aromatic nitrogens is 1. The van der Waals surface area contributed by atoms with Crippen molar-refractivity contribution in [1.82, 2.24) is 4.57 Å². The van der Waals surface area contributed by atoms with E-state index in [1.807, 2.05) is 12.1 Å². The van der Waals surface area contributed by atoms with Crippen LogP contribution >= 0.6 is 0 Å². The first-order chi connectivity index (χ1) is 31.2. The van der Waals surface area contributed by atoms with Crippen LogP contribution in [0.4, 0.5) is 17.1 Å². The van der Waals surface area contributed by atoms with Crippen LogP contribution in [0.2, 0.25) is 0 Å². The maximum Gasteiger partial charge on any atom is 0.137 e. The van der Waals surface area contributed by atoms with Gasteiger partial charge in [-0.1, -0.05) is 152 Å². The zero-order valence-corrected chi connectivity index (χ0v) is 34.7. The lowest BCUT2D eigenvalue weighted by atomic mass is 9.97. The molecule has 1 aliphatic carbocycles. The van der Waals surface area contributed by atoms with Crippen molar-refractivity contribution in [3.8, 4) is 39.1 Å². The van der Waals surface area contributed by atoms with Crippen LogP contribution in [0.15, 0.2) is 235 Å². The Morgan fingerprint density at radius 1 is 0.365 bits per heavy atom. The predicted molar refractivity (Wildman–Crippen MR) is 265 cm³/mol. The highest BCUT2D eigenvalue weighted by Gasteiger charge is 2.18. The number of allylic oxidation sites excluding steroid dienone is 4. The summed E-state index contributed by atoms with van der Waals surface area (Å²) in [7, 11) is 0. The van der Waals surface area contributed by atoms with E-state index in [0.717, 1.165) is 68.7 Å². The monoisotopic (exact) mass is 806 g/mol. The van der Waals surface area contributed by atoms with Gasteiger partial charge in [0.05, 0.1) is 11.0 Å². The first-order valence-corrected chi connectivity index (χ1v) is 21.8. The fraction of sp³-hybridized carbons (Fsp3) is 0.0333. The van der Waals surface area contributed by atoms with Crippen molar-refractivity contribution >= 4 is 66.4 Å². The van der Waals surface area contributed by atoms with E-state index in [9.17, 15) is 0 Å². The number of benzene rings is 9. The van der Waals surface area contributed by atoms with Gasteiger partial charge in [-0.25, -0.2) is 0 Å². The fourth-order valence-electron chi connectivity index (χ4n) is 9.50. The molecule has 63 heavy (non-hydrogen) atoms. The number of furan rings is 1. The van der Waals surface area contributed by atoms with Gasteiger partial charge in [0.25, 0.3) is 0 Å². The Kier molecular flexibility index (Phi) is 8.97. The lowest BCUT2D eigenvalue weighted by Crippen LogP contribution is -2.10. The number of hydrogen-bond acceptors (Lipinski definition) is 2. The molecule has 0 radical (unpaired) electrons. The molecular formula is C60H42N2O. The summed E-state index contributed by atoms with van der Waals surface area (Å²) in [6.07, 6.45) is 9.08. The largest absolute Gasteiger partial charge is 0.456 e. The highest BCUT2D eigenvalue weighted by Crippen LogP contribution is 2.41. The second kappa shape index (κ2) is 15.4. The van der Waals surface area contributed by atoms with Gasteiger partial charge in [0.2, 0.25) is 0 Å². The summed E-state index contributed by atoms with van der Waals surface area (Å²) in [5, 5.41) is 4.74. The molecule has 0 bridgehead atoms. The Hall–Kier alpha value is -8.14. The van der Waals surface area contributed by atoms with Gasteiger partial charge in [0, 0.05) is 50.4 Å². The van der Waals surface area contributed by atoms with Crippen molar-refractivity contribution in [2.75, 3.05) is 4.90 Å². The molecule has 0 amide bonds. The van der Waals surface area contributed by atoms with Crippen molar-refractivity contribution < 1.29 is 4.42 Å². The molecule has 11 aromatic rings. The van der Waals surface area contributed by atoms with Crippen LogP contribution in [-0.4, -0.2) is 4.57 Å². The Morgan fingerprint density at radius 2 is 0.952 bits per heavy atom. The van der Waals surface area contributed by atoms with Crippen LogP contribution in [0.3, 0.4) is 0 Å². The van der Waals surface area contributed by atoms with Crippen LogP contribution in [-0.2, 0) is 0 Å². The zero-order chi connectivity index (χ0) is 41.7. The Morgan fingerprint density at radius 3 is 1.76 bits per heavy atom. The molecule has 298 valence electrons. The standard InChI is InChI=1S/C60H42N2O/c1-3-13-41(14-4-1)43-25-30-49(31-26-43)61(52-34-36-56-55-22-8-10-24-59(55)63-60(56)40-52)51-20-12-19-47(38-51)45-17-11-18-46(37-45)48-29-35-54-53-21-7-9-23-57(53)62(58(54)39-48)50-32-27-44(28-33-50)42-15-5-2-6-16-42/h1,3-5,7-40H,2,6H2. The summed E-state index contributed by atoms with van der Waals surface area (Å²) in [5.74, 6) is 0. The van der Waals surface area contributed by atoms with E-state index in [1.54, 1.807) is 0 Å². The quantitative estimate of drug-likeness (QED) is 0.153. The molecule has 0 saturated heterocycles. The average molecular weight is 807 g/mol. The molecule has 0 N–H and O–H groups in total. The van der Waals surface area contributed by atoms with E-state index < -0.39 is 0 Å². The van der Waals surface area contributed by atoms with Gasteiger partial charge >= 0.3 is 0 Å². The van der Waals surface area contributed by atoms with Gasteiger partial charge in [-0.05, 0) is 130 Å². The minimum Gasteiger partial charge on any atom is -0.456 e. The van der Waals surface area contributed by atoms with E-state index in [0.29, 0.717) is 0 Å². The molecule has 3 nitrogen and oxygen atoms in total. The van der Waals surface area contributed by atoms with Crippen molar-refractivity contribution in [1.29, 1.82) is 0 Å². The summed E-state index contributed by atoms with van der Waals surface area (Å²) < 4.78 is 8.83. The first-order valence-electron chi connectivity index (χ1n) is 21.8. The summed E-state index contributed by atoms with van der Waals surface area (Å²) in [6, 6.07) is 76.8. The molecule has 0 atom stereocenters. The number of para-hydroxylation sites is 2. The molecular weight excluding hydrogens is 765 g/mol. The van der Waals surface area contributed by atoms with Gasteiger partial charge in [0.1, 0.15) is 11.2 Å². The third-order valence-corrected chi connectivity index (χ3v) is 12.6. The first kappa shape index (κ1) is 36.7. The van der Waals surface area contributed by atoms with Gasteiger partial charge in [0.15, 0.2) is 0 Å². The summed E-state index contributed by atoms with van der Waals surface area (Å²) in [5.41, 5.74) is 18.1. The molecule has 2 heterocycles. The minimum atomic E-state index is 0.867. The third-order valence-electron chi connectivity index (χ3n) is 12.6. The molecule has 0 aliphatic heterocycles. The minimum absolute atomic E-state index is 0.867. The normalized spacial score (nSPS) is 12.7. The number of anilines is 3. The highest BCUT2D eigenvalue weighted by molar-refractivity contribution is 6.10. The third kappa shape index (κ3) is 6.63. The lowest BCUT2D eigenvalue weighted by molar-refractivity contribution is 0.669. The van der Waals surface area contributed by atoms with Crippen LogP contribution in [0.25, 0.3) is 88.4 Å². The van der Waals surface area contributed by atoms with Crippen molar-refractivity contribution in [3.05, 3.63) is 236 Å². The Balaban J connectivity index is 0.933. The predicted octanol–water partition coefficient (Wildman–Crippen LogP) is 16.9. The van der Waals surface area contributed by atoms with Crippen molar-refractivity contribution in [3.63, 3.8) is 0 Å². The van der Waals surface area contributed by atoms with E-state index >= 15 is 0 Å². The molecule has 0 spiro atoms. The Labute approximate surface area is 366 Å². The molecule has 2 aromatic heterocycles. The summed E-state index contributed by atoms with van der Waals surface area (Å²) in [6.45, 7) is 0. The zero-order valence-electron chi connectivity index (χ0n) is 34.7. The van der Waals surface area contributed by atoms with Crippen molar-refractivity contribution in [2.24, 2.45) is 0 Å². The second-order valence-corrected chi connectivity index (χ2v) is 16.4. The highest BCUT2D eigenvalue weighted by atomic mass is 16.3. The van der Waals surface area contributed by atoms with E-state index in [4.69, 9.17) is 4.42 Å². The number of rotatable bonds is 8. The second-order valence-electron chi connectivity index (χ2n) is 16.4. The lowest BCUT2D eigenvalue weighted by Gasteiger charge is -2.26. The molecule has 0 fully saturated rings. The van der Waals surface area contributed by atoms with E-state index in [1.165, 1.54) is 55.2 Å². The van der Waals surface area contributed by atoms with Crippen molar-refractivity contribution in [2.45, 2.75) is 12.8 Å². The number of nitrogens with zero attached hydrogens (tertiary/aromatic N) is 2. The maximum atomic E-state index is 6.41. The molecule has 0 saturated carbocycles. The summed E-state index contributed by atoms with van der Waals surface area (Å²) in [4.78, 5) is 2.33. The maximum absolute atomic E-state index is 6.41. The fourth-order valence-corrected chi connectivity index (χ4v) is 9.50.